The van der Waals surface area contributed by atoms with E-state index in [0.29, 0.717) is 29.0 Å². The Bertz CT molecular complexity index is 1280. The largest absolute Gasteiger partial charge is 0.435 e. The minimum atomic E-state index is -4.91. The molecule has 0 saturated heterocycles. The Labute approximate surface area is 214 Å². The van der Waals surface area contributed by atoms with Gasteiger partial charge in [-0.1, -0.05) is 45.6 Å². The number of alkyl halides is 3. The van der Waals surface area contributed by atoms with Crippen molar-refractivity contribution in [3.63, 3.8) is 0 Å². The lowest BCUT2D eigenvalue weighted by atomic mass is 9.86. The predicted molar refractivity (Wildman–Crippen MR) is 126 cm³/mol. The third-order valence-electron chi connectivity index (χ3n) is 6.71. The van der Waals surface area contributed by atoms with E-state index in [2.05, 4.69) is 10.3 Å². The summed E-state index contributed by atoms with van der Waals surface area (Å²) in [4.78, 5) is 23.3. The molecule has 0 amide bonds. The molecule has 5 nitrogen and oxygen atoms in total. The molecule has 1 aliphatic carbocycles. The Morgan fingerprint density at radius 2 is 1.83 bits per heavy atom. The fraction of sp³-hybridized carbons (Fsp3) is 0.400. The fourth-order valence-corrected chi connectivity index (χ4v) is 5.02. The lowest BCUT2D eigenvalue weighted by molar-refractivity contribution is -0.275. The zero-order valence-corrected chi connectivity index (χ0v) is 20.5. The number of ketones is 1. The first kappa shape index (κ1) is 25.0. The van der Waals surface area contributed by atoms with E-state index >= 15 is 0 Å². The highest BCUT2D eigenvalue weighted by atomic mass is 35.5. The molecule has 2 heterocycles. The first-order chi connectivity index (χ1) is 17.0. The molecule has 2 aliphatic heterocycles. The highest BCUT2D eigenvalue weighted by Crippen LogP contribution is 2.50. The smallest absolute Gasteiger partial charge is 0.392 e. The maximum Gasteiger partial charge on any atom is 0.435 e. The molecule has 0 spiro atoms. The van der Waals surface area contributed by atoms with Gasteiger partial charge in [0.1, 0.15) is 6.10 Å². The van der Waals surface area contributed by atoms with Crippen LogP contribution in [-0.4, -0.2) is 29.5 Å². The normalized spacial score (nSPS) is 23.7. The summed E-state index contributed by atoms with van der Waals surface area (Å²) >= 11 is 11.5. The number of carbonyl (C=O) groups excluding carboxylic acids is 1. The molecule has 0 bridgehead atoms. The molecule has 1 fully saturated rings. The van der Waals surface area contributed by atoms with E-state index in [1.165, 1.54) is 6.07 Å². The number of Topliss-reactive ketones (excluding diaryl/α,β-unsaturated/α-hetero) is 1. The Balaban J connectivity index is 1.34. The topological polar surface area (TPSA) is 60.2 Å². The summed E-state index contributed by atoms with van der Waals surface area (Å²) in [5.74, 6) is -0.680. The van der Waals surface area contributed by atoms with Crippen molar-refractivity contribution in [2.24, 2.45) is 16.2 Å². The van der Waals surface area contributed by atoms with Crippen LogP contribution in [0, 0.1) is 18.7 Å². The molecular weight excluding hydrogens is 523 g/mol. The SMILES string of the molecule is Cc1cc(C2=NO[C@@](c3cc(Cl)c(F)c(Cl)c3)(C(F)(F)F)C2)ccc1C(=O)CC1CC(C2CC2)=NO1. The van der Waals surface area contributed by atoms with Gasteiger partial charge < -0.3 is 9.68 Å². The summed E-state index contributed by atoms with van der Waals surface area (Å²) in [6, 6.07) is 6.36. The van der Waals surface area contributed by atoms with Gasteiger partial charge in [-0.3, -0.25) is 4.79 Å². The van der Waals surface area contributed by atoms with Gasteiger partial charge in [0.2, 0.25) is 0 Å². The first-order valence-electron chi connectivity index (χ1n) is 11.3. The van der Waals surface area contributed by atoms with Crippen LogP contribution in [0.3, 0.4) is 0 Å². The first-order valence-corrected chi connectivity index (χ1v) is 12.1. The molecule has 2 aromatic carbocycles. The van der Waals surface area contributed by atoms with Crippen molar-refractivity contribution in [1.29, 1.82) is 0 Å². The summed E-state index contributed by atoms with van der Waals surface area (Å²) < 4.78 is 56.5. The zero-order chi connectivity index (χ0) is 25.8. The predicted octanol–water partition coefficient (Wildman–Crippen LogP) is 7.15. The Morgan fingerprint density at radius 1 is 1.14 bits per heavy atom. The standard InChI is InChI=1S/C25H20Cl2F4N2O3/c1-12-6-14(4-5-17(12)22(34)10-16-9-20(32-35-16)13-2-3-13)21-11-24(36-33-21,25(29,30)31)15-7-18(26)23(28)19(27)8-15/h4-8,13,16H,2-3,9-11H2,1H3/t16?,24-/m0/s1. The number of nitrogens with zero attached hydrogens (tertiary/aromatic N) is 2. The number of aryl methyl sites for hydroxylation is 1. The summed E-state index contributed by atoms with van der Waals surface area (Å²) in [7, 11) is 0. The molecule has 5 rings (SSSR count). The molecule has 1 unspecified atom stereocenters. The van der Waals surface area contributed by atoms with Gasteiger partial charge in [0.25, 0.3) is 5.60 Å². The number of carbonyl (C=O) groups is 1. The van der Waals surface area contributed by atoms with Crippen LogP contribution in [0.2, 0.25) is 10.0 Å². The molecule has 0 radical (unpaired) electrons. The fourth-order valence-electron chi connectivity index (χ4n) is 4.54. The number of hydrogen-bond donors (Lipinski definition) is 0. The van der Waals surface area contributed by atoms with E-state index in [9.17, 15) is 22.4 Å². The van der Waals surface area contributed by atoms with Crippen LogP contribution in [0.5, 0.6) is 0 Å². The lowest BCUT2D eigenvalue weighted by Gasteiger charge is -2.29. The Kier molecular flexibility index (Phi) is 6.27. The minimum absolute atomic E-state index is 0.0209. The van der Waals surface area contributed by atoms with Crippen molar-refractivity contribution < 1.29 is 32.0 Å². The van der Waals surface area contributed by atoms with Gasteiger partial charge in [-0.25, -0.2) is 4.39 Å². The second-order valence-electron chi connectivity index (χ2n) is 9.33. The summed E-state index contributed by atoms with van der Waals surface area (Å²) in [6.45, 7) is 1.70. The van der Waals surface area contributed by atoms with Crippen molar-refractivity contribution >= 4 is 40.4 Å². The highest BCUT2D eigenvalue weighted by Gasteiger charge is 2.62. The van der Waals surface area contributed by atoms with Gasteiger partial charge in [-0.15, -0.1) is 0 Å². The summed E-state index contributed by atoms with van der Waals surface area (Å²) in [5.41, 5.74) is -0.919. The van der Waals surface area contributed by atoms with Crippen LogP contribution >= 0.6 is 23.2 Å². The van der Waals surface area contributed by atoms with Crippen LogP contribution in [0.25, 0.3) is 0 Å². The van der Waals surface area contributed by atoms with E-state index in [4.69, 9.17) is 32.9 Å². The monoisotopic (exact) mass is 542 g/mol. The maximum absolute atomic E-state index is 14.2. The molecular formula is C25H20Cl2F4N2O3. The van der Waals surface area contributed by atoms with Crippen LogP contribution < -0.4 is 0 Å². The lowest BCUT2D eigenvalue weighted by Crippen LogP contribution is -2.42. The van der Waals surface area contributed by atoms with Crippen LogP contribution in [-0.2, 0) is 15.3 Å². The van der Waals surface area contributed by atoms with Gasteiger partial charge in [-0.05, 0) is 49.1 Å². The van der Waals surface area contributed by atoms with Gasteiger partial charge >= 0.3 is 6.18 Å². The van der Waals surface area contributed by atoms with Crippen molar-refractivity contribution in [2.45, 2.75) is 56.9 Å². The third kappa shape index (κ3) is 4.47. The Hall–Kier alpha value is -2.65. The minimum Gasteiger partial charge on any atom is -0.392 e. The maximum atomic E-state index is 14.2. The van der Waals surface area contributed by atoms with Gasteiger partial charge in [0.15, 0.2) is 11.6 Å². The summed E-state index contributed by atoms with van der Waals surface area (Å²) in [5, 5.41) is 6.69. The second kappa shape index (κ2) is 9.03. The van der Waals surface area contributed by atoms with E-state index in [1.807, 2.05) is 0 Å². The molecule has 11 heteroatoms. The van der Waals surface area contributed by atoms with Crippen LogP contribution in [0.4, 0.5) is 17.6 Å². The van der Waals surface area contributed by atoms with Gasteiger partial charge in [-0.2, -0.15) is 13.2 Å². The quantitative estimate of drug-likeness (QED) is 0.221. The number of halogens is 6. The van der Waals surface area contributed by atoms with Crippen molar-refractivity contribution in [3.05, 3.63) is 68.4 Å². The van der Waals surface area contributed by atoms with E-state index in [-0.39, 0.29) is 24.0 Å². The average molecular weight is 543 g/mol. The third-order valence-corrected chi connectivity index (χ3v) is 7.26. The number of hydrogen-bond acceptors (Lipinski definition) is 5. The van der Waals surface area contributed by atoms with E-state index in [0.717, 1.165) is 30.7 Å². The van der Waals surface area contributed by atoms with Crippen LogP contribution in [0.1, 0.15) is 59.2 Å². The second-order valence-corrected chi connectivity index (χ2v) is 10.1. The molecule has 2 atom stereocenters. The van der Waals surface area contributed by atoms with E-state index in [1.54, 1.807) is 19.1 Å². The van der Waals surface area contributed by atoms with Gasteiger partial charge in [0, 0.05) is 29.9 Å². The molecule has 1 saturated carbocycles. The number of oxime groups is 2. The molecule has 2 aromatic rings. The molecule has 36 heavy (non-hydrogen) atoms. The van der Waals surface area contributed by atoms with Gasteiger partial charge in [0.05, 0.1) is 27.9 Å². The Morgan fingerprint density at radius 3 is 2.44 bits per heavy atom. The number of rotatable bonds is 6. The van der Waals surface area contributed by atoms with Crippen molar-refractivity contribution in [3.8, 4) is 0 Å². The molecule has 3 aliphatic rings. The zero-order valence-electron chi connectivity index (χ0n) is 19.0. The average Bonchev–Trinajstić information content (AvgIpc) is 3.37. The molecule has 190 valence electrons. The molecule has 0 aromatic heterocycles. The molecule has 0 N–H and O–H groups in total. The van der Waals surface area contributed by atoms with E-state index < -0.39 is 39.6 Å². The van der Waals surface area contributed by atoms with Crippen LogP contribution in [0.15, 0.2) is 40.6 Å². The highest BCUT2D eigenvalue weighted by molar-refractivity contribution is 6.35. The van der Waals surface area contributed by atoms with Crippen molar-refractivity contribution in [2.75, 3.05) is 0 Å². The summed E-state index contributed by atoms with van der Waals surface area (Å²) in [6.07, 6.45) is -2.88. The number of benzene rings is 2. The van der Waals surface area contributed by atoms with Crippen molar-refractivity contribution in [1.82, 2.24) is 0 Å².